The molecule has 26 heavy (non-hydrogen) atoms. The van der Waals surface area contributed by atoms with Crippen LogP contribution in [0, 0.1) is 11.8 Å². The Bertz CT molecular complexity index is 683. The van der Waals surface area contributed by atoms with Crippen molar-refractivity contribution < 1.29 is 9.26 Å². The highest BCUT2D eigenvalue weighted by molar-refractivity contribution is 6.29. The van der Waals surface area contributed by atoms with E-state index in [1.807, 2.05) is 0 Å². The number of halogens is 1. The van der Waals surface area contributed by atoms with Gasteiger partial charge < -0.3 is 14.2 Å². The van der Waals surface area contributed by atoms with Crippen molar-refractivity contribution in [3.05, 3.63) is 23.1 Å². The number of piperidine rings is 1. The molecule has 0 saturated carbocycles. The second kappa shape index (κ2) is 8.66. The van der Waals surface area contributed by atoms with Crippen molar-refractivity contribution in [2.45, 2.75) is 46.0 Å². The third kappa shape index (κ3) is 4.84. The Morgan fingerprint density at radius 3 is 2.62 bits per heavy atom. The van der Waals surface area contributed by atoms with Crippen LogP contribution in [0.2, 0.25) is 5.15 Å². The van der Waals surface area contributed by atoms with E-state index in [0.717, 1.165) is 38.2 Å². The van der Waals surface area contributed by atoms with Crippen LogP contribution in [0.15, 0.2) is 16.7 Å². The lowest BCUT2D eigenvalue weighted by molar-refractivity contribution is 0.215. The number of rotatable bonds is 7. The first-order valence-corrected chi connectivity index (χ1v) is 9.61. The van der Waals surface area contributed by atoms with E-state index in [4.69, 9.17) is 20.9 Å². The molecule has 0 spiro atoms. The van der Waals surface area contributed by atoms with Crippen LogP contribution >= 0.6 is 11.6 Å². The Morgan fingerprint density at radius 1 is 1.23 bits per heavy atom. The first-order valence-electron chi connectivity index (χ1n) is 9.23. The predicted molar refractivity (Wildman–Crippen MR) is 99.6 cm³/mol. The van der Waals surface area contributed by atoms with Gasteiger partial charge in [0, 0.05) is 25.1 Å². The van der Waals surface area contributed by atoms with Crippen LogP contribution in [0.25, 0.3) is 0 Å². The van der Waals surface area contributed by atoms with Gasteiger partial charge in [-0.3, -0.25) is 0 Å². The quantitative estimate of drug-likeness (QED) is 0.720. The summed E-state index contributed by atoms with van der Waals surface area (Å²) >= 11 is 5.72. The molecule has 0 amide bonds. The van der Waals surface area contributed by atoms with Crippen LogP contribution in [-0.4, -0.2) is 40.0 Å². The number of hydrogen-bond acceptors (Lipinski definition) is 7. The fourth-order valence-electron chi connectivity index (χ4n) is 3.21. The molecule has 3 heterocycles. The van der Waals surface area contributed by atoms with Gasteiger partial charge in [-0.05, 0) is 37.2 Å². The van der Waals surface area contributed by atoms with Gasteiger partial charge in [0.1, 0.15) is 0 Å². The SMILES string of the molecule is CC(C)c1noc(N2CCC(C(C)CCOc3ccc(Cl)nn3)CC2)n1. The Morgan fingerprint density at radius 2 is 2.00 bits per heavy atom. The lowest BCUT2D eigenvalue weighted by Gasteiger charge is -2.33. The van der Waals surface area contributed by atoms with Crippen molar-refractivity contribution in [1.82, 2.24) is 20.3 Å². The zero-order valence-electron chi connectivity index (χ0n) is 15.6. The predicted octanol–water partition coefficient (Wildman–Crippen LogP) is 3.96. The number of hydrogen-bond donors (Lipinski definition) is 0. The van der Waals surface area contributed by atoms with E-state index in [1.165, 1.54) is 0 Å². The van der Waals surface area contributed by atoms with E-state index >= 15 is 0 Å². The highest BCUT2D eigenvalue weighted by Gasteiger charge is 2.26. The van der Waals surface area contributed by atoms with Gasteiger partial charge in [-0.1, -0.05) is 37.5 Å². The molecule has 1 aliphatic heterocycles. The van der Waals surface area contributed by atoms with E-state index in [2.05, 4.69) is 46.0 Å². The van der Waals surface area contributed by atoms with Gasteiger partial charge in [-0.25, -0.2) is 0 Å². The maximum absolute atomic E-state index is 5.72. The topological polar surface area (TPSA) is 77.2 Å². The van der Waals surface area contributed by atoms with Gasteiger partial charge in [0.15, 0.2) is 11.0 Å². The van der Waals surface area contributed by atoms with Gasteiger partial charge in [0.05, 0.1) is 6.61 Å². The molecular formula is C18H26ClN5O2. The van der Waals surface area contributed by atoms with Gasteiger partial charge in [-0.2, -0.15) is 4.98 Å². The van der Waals surface area contributed by atoms with Crippen LogP contribution < -0.4 is 9.64 Å². The van der Waals surface area contributed by atoms with Gasteiger partial charge in [0.2, 0.25) is 5.88 Å². The molecule has 1 aliphatic rings. The Labute approximate surface area is 159 Å². The molecule has 1 saturated heterocycles. The van der Waals surface area contributed by atoms with E-state index < -0.39 is 0 Å². The monoisotopic (exact) mass is 379 g/mol. The highest BCUT2D eigenvalue weighted by atomic mass is 35.5. The highest BCUT2D eigenvalue weighted by Crippen LogP contribution is 2.29. The fourth-order valence-corrected chi connectivity index (χ4v) is 3.32. The minimum absolute atomic E-state index is 0.287. The molecule has 1 fully saturated rings. The number of anilines is 1. The molecule has 0 aromatic carbocycles. The second-order valence-electron chi connectivity index (χ2n) is 7.22. The maximum Gasteiger partial charge on any atom is 0.324 e. The summed E-state index contributed by atoms with van der Waals surface area (Å²) in [4.78, 5) is 6.69. The fraction of sp³-hybridized carbons (Fsp3) is 0.667. The minimum atomic E-state index is 0.287. The summed E-state index contributed by atoms with van der Waals surface area (Å²) in [5, 5.41) is 12.1. The summed E-state index contributed by atoms with van der Waals surface area (Å²) in [6, 6.07) is 4.09. The van der Waals surface area contributed by atoms with E-state index in [1.54, 1.807) is 12.1 Å². The molecule has 1 unspecified atom stereocenters. The molecule has 7 nitrogen and oxygen atoms in total. The summed E-state index contributed by atoms with van der Waals surface area (Å²) in [5.41, 5.74) is 0. The number of aromatic nitrogens is 4. The first-order chi connectivity index (χ1) is 12.5. The maximum atomic E-state index is 5.72. The molecule has 1 atom stereocenters. The van der Waals surface area contributed by atoms with Crippen LogP contribution in [0.4, 0.5) is 6.01 Å². The van der Waals surface area contributed by atoms with Crippen molar-refractivity contribution in [3.63, 3.8) is 0 Å². The first kappa shape index (κ1) is 18.9. The average Bonchev–Trinajstić information content (AvgIpc) is 3.14. The zero-order chi connectivity index (χ0) is 18.5. The largest absolute Gasteiger partial charge is 0.477 e. The van der Waals surface area contributed by atoms with Crippen LogP contribution in [0.5, 0.6) is 5.88 Å². The average molecular weight is 380 g/mol. The Balaban J connectivity index is 1.41. The zero-order valence-corrected chi connectivity index (χ0v) is 16.3. The van der Waals surface area contributed by atoms with Crippen molar-refractivity contribution in [3.8, 4) is 5.88 Å². The number of nitrogens with zero attached hydrogens (tertiary/aromatic N) is 5. The van der Waals surface area contributed by atoms with Crippen molar-refractivity contribution in [2.24, 2.45) is 11.8 Å². The molecule has 0 bridgehead atoms. The van der Waals surface area contributed by atoms with Crippen LogP contribution in [-0.2, 0) is 0 Å². The lowest BCUT2D eigenvalue weighted by atomic mass is 9.84. The smallest absolute Gasteiger partial charge is 0.324 e. The van der Waals surface area contributed by atoms with Crippen LogP contribution in [0.3, 0.4) is 0 Å². The molecule has 0 radical (unpaired) electrons. The summed E-state index contributed by atoms with van der Waals surface area (Å²) in [7, 11) is 0. The van der Waals surface area contributed by atoms with Crippen molar-refractivity contribution in [2.75, 3.05) is 24.6 Å². The third-order valence-electron chi connectivity index (χ3n) is 4.99. The molecule has 2 aromatic heterocycles. The van der Waals surface area contributed by atoms with E-state index in [0.29, 0.717) is 35.5 Å². The van der Waals surface area contributed by atoms with Gasteiger partial charge in [-0.15, -0.1) is 10.2 Å². The lowest BCUT2D eigenvalue weighted by Crippen LogP contribution is -2.36. The summed E-state index contributed by atoms with van der Waals surface area (Å²) in [6.45, 7) is 8.98. The summed E-state index contributed by atoms with van der Waals surface area (Å²) in [6.07, 6.45) is 3.25. The van der Waals surface area contributed by atoms with E-state index in [9.17, 15) is 0 Å². The van der Waals surface area contributed by atoms with Crippen molar-refractivity contribution >= 4 is 17.6 Å². The summed E-state index contributed by atoms with van der Waals surface area (Å²) in [5.74, 6) is 2.85. The number of ether oxygens (including phenoxy) is 1. The summed E-state index contributed by atoms with van der Waals surface area (Å²) < 4.78 is 11.1. The second-order valence-corrected chi connectivity index (χ2v) is 7.61. The molecule has 0 N–H and O–H groups in total. The molecule has 3 rings (SSSR count). The van der Waals surface area contributed by atoms with Crippen LogP contribution in [0.1, 0.15) is 51.8 Å². The molecule has 0 aliphatic carbocycles. The molecule has 142 valence electrons. The Kier molecular flexibility index (Phi) is 6.29. The Hall–Kier alpha value is -1.89. The van der Waals surface area contributed by atoms with Gasteiger partial charge in [0.25, 0.3) is 0 Å². The molecule has 2 aromatic rings. The molecular weight excluding hydrogens is 354 g/mol. The van der Waals surface area contributed by atoms with Gasteiger partial charge >= 0.3 is 6.01 Å². The van der Waals surface area contributed by atoms with Crippen molar-refractivity contribution in [1.29, 1.82) is 0 Å². The minimum Gasteiger partial charge on any atom is -0.477 e. The third-order valence-corrected chi connectivity index (χ3v) is 5.19. The van der Waals surface area contributed by atoms with E-state index in [-0.39, 0.29) is 5.92 Å². The molecule has 8 heteroatoms. The standard InChI is InChI=1S/C18H26ClN5O2/c1-12(2)17-20-18(26-23-17)24-9-6-14(7-10-24)13(3)8-11-25-16-5-4-15(19)21-22-16/h4-5,12-14H,6-11H2,1-3H3. The normalized spacial score (nSPS) is 16.9.